The fourth-order valence-electron chi connectivity index (χ4n) is 1.36. The van der Waals surface area contributed by atoms with Gasteiger partial charge in [0, 0.05) is 19.0 Å². The molecule has 0 aliphatic carbocycles. The summed E-state index contributed by atoms with van der Waals surface area (Å²) in [5.74, 6) is 2.56. The van der Waals surface area contributed by atoms with Crippen LogP contribution in [-0.4, -0.2) is 11.5 Å². The summed E-state index contributed by atoms with van der Waals surface area (Å²) in [6.07, 6.45) is 7.72. The van der Waals surface area contributed by atoms with Gasteiger partial charge in [0.25, 0.3) is 5.69 Å². The lowest BCUT2D eigenvalue weighted by Gasteiger charge is -2.05. The lowest BCUT2D eigenvalue weighted by atomic mass is 10.2. The van der Waals surface area contributed by atoms with E-state index in [1.807, 2.05) is 0 Å². The summed E-state index contributed by atoms with van der Waals surface area (Å²) in [4.78, 5) is 10.3. The van der Waals surface area contributed by atoms with Crippen LogP contribution in [0, 0.1) is 22.5 Å². The Morgan fingerprint density at radius 1 is 1.38 bits per heavy atom. The van der Waals surface area contributed by atoms with Crippen molar-refractivity contribution < 1.29 is 4.92 Å². The largest absolute Gasteiger partial charge is 0.379 e. The van der Waals surface area contributed by atoms with Gasteiger partial charge in [0.2, 0.25) is 0 Å². The molecule has 0 radical (unpaired) electrons. The molecule has 0 bridgehead atoms. The second-order valence-electron chi connectivity index (χ2n) is 3.36. The molecule has 1 aromatic carbocycles. The second-order valence-corrected chi connectivity index (χ2v) is 3.36. The molecule has 0 spiro atoms. The number of nitro benzene ring substituents is 1. The summed E-state index contributed by atoms with van der Waals surface area (Å²) in [7, 11) is 0. The van der Waals surface area contributed by atoms with Gasteiger partial charge < -0.3 is 5.32 Å². The summed E-state index contributed by atoms with van der Waals surface area (Å²) in [6, 6.07) is 6.63. The molecule has 0 saturated heterocycles. The summed E-state index contributed by atoms with van der Waals surface area (Å²) < 4.78 is 0. The SMILES string of the molecule is C#CCCCCNc1ccccc1[N+](=O)[O-]. The van der Waals surface area contributed by atoms with E-state index in [0.29, 0.717) is 12.2 Å². The van der Waals surface area contributed by atoms with Gasteiger partial charge >= 0.3 is 0 Å². The molecule has 0 aromatic heterocycles. The Bertz CT molecular complexity index is 396. The van der Waals surface area contributed by atoms with Gasteiger partial charge in [0.1, 0.15) is 5.69 Å². The topological polar surface area (TPSA) is 55.2 Å². The van der Waals surface area contributed by atoms with E-state index in [0.717, 1.165) is 19.3 Å². The van der Waals surface area contributed by atoms with Crippen LogP contribution in [0.4, 0.5) is 11.4 Å². The van der Waals surface area contributed by atoms with Gasteiger partial charge in [-0.05, 0) is 18.9 Å². The van der Waals surface area contributed by atoms with E-state index in [1.165, 1.54) is 6.07 Å². The summed E-state index contributed by atoms with van der Waals surface area (Å²) in [5.41, 5.74) is 0.674. The quantitative estimate of drug-likeness (QED) is 0.345. The maximum Gasteiger partial charge on any atom is 0.292 e. The molecule has 0 fully saturated rings. The number of nitro groups is 1. The molecule has 1 aromatic rings. The summed E-state index contributed by atoms with van der Waals surface area (Å²) in [5, 5.41) is 13.7. The van der Waals surface area contributed by atoms with Crippen molar-refractivity contribution in [2.45, 2.75) is 19.3 Å². The first kappa shape index (κ1) is 12.1. The van der Waals surface area contributed by atoms with E-state index in [-0.39, 0.29) is 10.6 Å². The first-order valence-corrected chi connectivity index (χ1v) is 5.16. The zero-order valence-corrected chi connectivity index (χ0v) is 8.98. The minimum atomic E-state index is -0.385. The summed E-state index contributed by atoms with van der Waals surface area (Å²) in [6.45, 7) is 0.701. The molecule has 0 amide bonds. The highest BCUT2D eigenvalue weighted by molar-refractivity contribution is 5.60. The van der Waals surface area contributed by atoms with Crippen molar-refractivity contribution >= 4 is 11.4 Å². The Balaban J connectivity index is 2.47. The van der Waals surface area contributed by atoms with E-state index in [4.69, 9.17) is 6.42 Å². The van der Waals surface area contributed by atoms with Gasteiger partial charge in [0.05, 0.1) is 4.92 Å². The van der Waals surface area contributed by atoms with Crippen molar-refractivity contribution in [2.75, 3.05) is 11.9 Å². The van der Waals surface area contributed by atoms with Gasteiger partial charge in [-0.3, -0.25) is 10.1 Å². The van der Waals surface area contributed by atoms with Gasteiger partial charge in [-0.2, -0.15) is 0 Å². The Morgan fingerprint density at radius 3 is 2.81 bits per heavy atom. The number of terminal acetylenes is 1. The zero-order valence-electron chi connectivity index (χ0n) is 8.98. The van der Waals surface area contributed by atoms with Gasteiger partial charge in [-0.25, -0.2) is 0 Å². The molecule has 0 heterocycles. The summed E-state index contributed by atoms with van der Waals surface area (Å²) >= 11 is 0. The van der Waals surface area contributed by atoms with Crippen LogP contribution in [0.5, 0.6) is 0 Å². The van der Waals surface area contributed by atoms with Crippen LogP contribution in [0.2, 0.25) is 0 Å². The van der Waals surface area contributed by atoms with Crippen molar-refractivity contribution in [3.05, 3.63) is 34.4 Å². The highest BCUT2D eigenvalue weighted by Gasteiger charge is 2.10. The first-order valence-electron chi connectivity index (χ1n) is 5.16. The van der Waals surface area contributed by atoms with Crippen LogP contribution in [0.1, 0.15) is 19.3 Å². The van der Waals surface area contributed by atoms with Crippen molar-refractivity contribution in [3.63, 3.8) is 0 Å². The Kier molecular flexibility index (Phi) is 4.87. The number of nitrogens with one attached hydrogen (secondary N) is 1. The zero-order chi connectivity index (χ0) is 11.8. The highest BCUT2D eigenvalue weighted by Crippen LogP contribution is 2.22. The van der Waals surface area contributed by atoms with Crippen molar-refractivity contribution in [1.29, 1.82) is 0 Å². The third-order valence-corrected chi connectivity index (χ3v) is 2.16. The maximum atomic E-state index is 10.7. The predicted octanol–water partition coefficient (Wildman–Crippen LogP) is 2.81. The number of anilines is 1. The van der Waals surface area contributed by atoms with E-state index in [1.54, 1.807) is 18.2 Å². The molecule has 16 heavy (non-hydrogen) atoms. The fourth-order valence-corrected chi connectivity index (χ4v) is 1.36. The van der Waals surface area contributed by atoms with Gasteiger partial charge in [0.15, 0.2) is 0 Å². The molecular weight excluding hydrogens is 204 g/mol. The van der Waals surface area contributed by atoms with Crippen LogP contribution in [0.15, 0.2) is 24.3 Å². The van der Waals surface area contributed by atoms with Crippen molar-refractivity contribution in [3.8, 4) is 12.3 Å². The van der Waals surface area contributed by atoms with Crippen LogP contribution in [0.25, 0.3) is 0 Å². The predicted molar refractivity (Wildman–Crippen MR) is 64.3 cm³/mol. The molecule has 1 N–H and O–H groups in total. The molecule has 0 atom stereocenters. The molecule has 0 saturated carbocycles. The van der Waals surface area contributed by atoms with Gasteiger partial charge in [-0.15, -0.1) is 12.3 Å². The Hall–Kier alpha value is -2.02. The van der Waals surface area contributed by atoms with E-state index >= 15 is 0 Å². The third-order valence-electron chi connectivity index (χ3n) is 2.16. The Morgan fingerprint density at radius 2 is 2.12 bits per heavy atom. The minimum absolute atomic E-state index is 0.111. The standard InChI is InChI=1S/C12H14N2O2/c1-2-3-4-7-10-13-11-8-5-6-9-12(11)14(15)16/h1,5-6,8-9,13H,3-4,7,10H2. The number of para-hydroxylation sites is 2. The number of benzene rings is 1. The van der Waals surface area contributed by atoms with E-state index in [9.17, 15) is 10.1 Å². The number of unbranched alkanes of at least 4 members (excludes halogenated alkanes) is 2. The molecule has 84 valence electrons. The number of hydrogen-bond acceptors (Lipinski definition) is 3. The van der Waals surface area contributed by atoms with E-state index in [2.05, 4.69) is 11.2 Å². The second kappa shape index (κ2) is 6.46. The molecule has 4 heteroatoms. The van der Waals surface area contributed by atoms with E-state index < -0.39 is 0 Å². The lowest BCUT2D eigenvalue weighted by Crippen LogP contribution is -2.03. The average molecular weight is 218 g/mol. The Labute approximate surface area is 94.8 Å². The molecule has 0 aliphatic heterocycles. The number of hydrogen-bond donors (Lipinski definition) is 1. The minimum Gasteiger partial charge on any atom is -0.379 e. The molecule has 4 nitrogen and oxygen atoms in total. The lowest BCUT2D eigenvalue weighted by molar-refractivity contribution is -0.384. The average Bonchev–Trinajstić information content (AvgIpc) is 2.29. The number of nitrogens with zero attached hydrogens (tertiary/aromatic N) is 1. The number of rotatable bonds is 6. The first-order chi connectivity index (χ1) is 7.75. The molecule has 0 unspecified atom stereocenters. The molecular formula is C12H14N2O2. The normalized spacial score (nSPS) is 9.44. The third kappa shape index (κ3) is 3.62. The van der Waals surface area contributed by atoms with Crippen molar-refractivity contribution in [1.82, 2.24) is 0 Å². The fraction of sp³-hybridized carbons (Fsp3) is 0.333. The molecule has 1 rings (SSSR count). The maximum absolute atomic E-state index is 10.7. The van der Waals surface area contributed by atoms with Crippen molar-refractivity contribution in [2.24, 2.45) is 0 Å². The van der Waals surface area contributed by atoms with Crippen LogP contribution < -0.4 is 5.32 Å². The van der Waals surface area contributed by atoms with Crippen LogP contribution in [-0.2, 0) is 0 Å². The molecule has 0 aliphatic rings. The van der Waals surface area contributed by atoms with Gasteiger partial charge in [-0.1, -0.05) is 12.1 Å². The van der Waals surface area contributed by atoms with Crippen LogP contribution >= 0.6 is 0 Å². The smallest absolute Gasteiger partial charge is 0.292 e. The monoisotopic (exact) mass is 218 g/mol. The van der Waals surface area contributed by atoms with Crippen LogP contribution in [0.3, 0.4) is 0 Å². The highest BCUT2D eigenvalue weighted by atomic mass is 16.6.